The molecule has 1 aliphatic carbocycles. The van der Waals surface area contributed by atoms with E-state index in [1.165, 1.54) is 22.5 Å². The fourth-order valence-electron chi connectivity index (χ4n) is 4.95. The number of anilines is 2. The number of halogens is 1. The molecular formula is C26H30ClN7OS. The lowest BCUT2D eigenvalue weighted by atomic mass is 9.79. The van der Waals surface area contributed by atoms with Gasteiger partial charge in [0.05, 0.1) is 11.7 Å². The van der Waals surface area contributed by atoms with E-state index in [9.17, 15) is 4.79 Å². The van der Waals surface area contributed by atoms with Gasteiger partial charge in [-0.1, -0.05) is 63.6 Å². The maximum atomic E-state index is 13.4. The van der Waals surface area contributed by atoms with Gasteiger partial charge in [-0.15, -0.1) is 0 Å². The van der Waals surface area contributed by atoms with Gasteiger partial charge in [0.1, 0.15) is 9.72 Å². The molecule has 8 nitrogen and oxygen atoms in total. The summed E-state index contributed by atoms with van der Waals surface area (Å²) in [5, 5.41) is 7.97. The summed E-state index contributed by atoms with van der Waals surface area (Å²) in [5.41, 5.74) is 4.67. The molecular weight excluding hydrogens is 494 g/mol. The third-order valence-corrected chi connectivity index (χ3v) is 8.18. The molecule has 0 saturated heterocycles. The Bertz CT molecular complexity index is 1550. The standard InChI is InChI=1S/C26H30ClN7OS/c1-25(2,3)19-20(27)36-24(31-19)34-21-17(22(35)33(34)16-7-8-16)12-29-23(32-21)30-15-6-9-18-14(10-15)11-28-13-26(18,4)5/h6,9-10,12,16,28H,7-8,11,13H2,1-5H3,(H,29,30,32). The summed E-state index contributed by atoms with van der Waals surface area (Å²) in [6, 6.07) is 6.54. The molecule has 4 aromatic rings. The van der Waals surface area contributed by atoms with E-state index < -0.39 is 0 Å². The molecule has 0 radical (unpaired) electrons. The molecule has 2 aliphatic rings. The van der Waals surface area contributed by atoms with Crippen LogP contribution in [0, 0.1) is 0 Å². The topological polar surface area (TPSA) is 89.7 Å². The molecule has 0 spiro atoms. The van der Waals surface area contributed by atoms with Gasteiger partial charge in [-0.05, 0) is 36.1 Å². The van der Waals surface area contributed by atoms with Gasteiger partial charge in [-0.2, -0.15) is 4.98 Å². The van der Waals surface area contributed by atoms with Crippen molar-refractivity contribution < 1.29 is 0 Å². The van der Waals surface area contributed by atoms with Crippen molar-refractivity contribution in [1.29, 1.82) is 0 Å². The molecule has 0 atom stereocenters. The Morgan fingerprint density at radius 1 is 1.22 bits per heavy atom. The minimum Gasteiger partial charge on any atom is -0.324 e. The van der Waals surface area contributed by atoms with E-state index in [1.54, 1.807) is 10.9 Å². The number of thiazole rings is 1. The number of fused-ring (bicyclic) bond motifs is 2. The molecule has 188 valence electrons. The van der Waals surface area contributed by atoms with Crippen molar-refractivity contribution >= 4 is 45.6 Å². The Kier molecular flexibility index (Phi) is 5.34. The Morgan fingerprint density at radius 3 is 2.69 bits per heavy atom. The SMILES string of the molecule is CC(C)(C)c1nc(-n2c3nc(Nc4ccc5c(c4)CNCC5(C)C)ncc3c(=O)n2C2CC2)sc1Cl. The van der Waals surface area contributed by atoms with Crippen LogP contribution >= 0.6 is 22.9 Å². The fraction of sp³-hybridized carbons (Fsp3) is 0.462. The van der Waals surface area contributed by atoms with Crippen molar-refractivity contribution in [2.75, 3.05) is 11.9 Å². The van der Waals surface area contributed by atoms with Crippen LogP contribution in [0.25, 0.3) is 16.2 Å². The molecule has 1 aromatic carbocycles. The largest absolute Gasteiger partial charge is 0.324 e. The van der Waals surface area contributed by atoms with Crippen LogP contribution in [0.1, 0.15) is 70.3 Å². The number of hydrogen-bond acceptors (Lipinski definition) is 7. The van der Waals surface area contributed by atoms with Crippen molar-refractivity contribution in [3.05, 3.63) is 55.9 Å². The molecule has 2 N–H and O–H groups in total. The lowest BCUT2D eigenvalue weighted by molar-refractivity contribution is 0.435. The number of aromatic nitrogens is 5. The lowest BCUT2D eigenvalue weighted by Gasteiger charge is -2.33. The Balaban J connectivity index is 1.45. The van der Waals surface area contributed by atoms with Crippen molar-refractivity contribution in [1.82, 2.24) is 29.6 Å². The van der Waals surface area contributed by atoms with Crippen LogP contribution in [-0.4, -0.2) is 30.9 Å². The second-order valence-corrected chi connectivity index (χ2v) is 13.1. The van der Waals surface area contributed by atoms with Crippen molar-refractivity contribution in [3.8, 4) is 5.13 Å². The first kappa shape index (κ1) is 23.6. The third kappa shape index (κ3) is 3.93. The van der Waals surface area contributed by atoms with Gasteiger partial charge in [-0.3, -0.25) is 4.79 Å². The summed E-state index contributed by atoms with van der Waals surface area (Å²) in [7, 11) is 0. The molecule has 0 unspecified atom stereocenters. The average molecular weight is 524 g/mol. The minimum atomic E-state index is -0.211. The normalized spacial score (nSPS) is 17.4. The van der Waals surface area contributed by atoms with E-state index in [0.717, 1.165) is 37.3 Å². The minimum absolute atomic E-state index is 0.0875. The van der Waals surface area contributed by atoms with Crippen LogP contribution in [0.15, 0.2) is 29.2 Å². The number of nitrogens with one attached hydrogen (secondary N) is 2. The molecule has 10 heteroatoms. The first-order chi connectivity index (χ1) is 17.0. The van der Waals surface area contributed by atoms with Gasteiger partial charge >= 0.3 is 0 Å². The number of nitrogens with zero attached hydrogens (tertiary/aromatic N) is 5. The highest BCUT2D eigenvalue weighted by molar-refractivity contribution is 7.18. The molecule has 1 aliphatic heterocycles. The molecule has 6 rings (SSSR count). The van der Waals surface area contributed by atoms with Gasteiger partial charge in [0, 0.05) is 35.8 Å². The molecule has 0 amide bonds. The Morgan fingerprint density at radius 2 is 2.00 bits per heavy atom. The van der Waals surface area contributed by atoms with E-state index in [-0.39, 0.29) is 22.4 Å². The summed E-state index contributed by atoms with van der Waals surface area (Å²) >= 11 is 7.98. The molecule has 1 fully saturated rings. The van der Waals surface area contributed by atoms with E-state index in [1.807, 2.05) is 4.68 Å². The Hall–Kier alpha value is -2.75. The van der Waals surface area contributed by atoms with Crippen molar-refractivity contribution in [2.45, 2.75) is 70.9 Å². The van der Waals surface area contributed by atoms with Gasteiger partial charge < -0.3 is 10.6 Å². The van der Waals surface area contributed by atoms with Gasteiger partial charge in [-0.25, -0.2) is 19.3 Å². The number of hydrogen-bond donors (Lipinski definition) is 2. The van der Waals surface area contributed by atoms with Gasteiger partial charge in [0.25, 0.3) is 5.56 Å². The van der Waals surface area contributed by atoms with E-state index in [0.29, 0.717) is 26.4 Å². The quantitative estimate of drug-likeness (QED) is 0.370. The number of benzene rings is 1. The highest BCUT2D eigenvalue weighted by atomic mass is 35.5. The number of rotatable bonds is 4. The predicted molar refractivity (Wildman–Crippen MR) is 145 cm³/mol. The van der Waals surface area contributed by atoms with E-state index >= 15 is 0 Å². The highest BCUT2D eigenvalue weighted by Crippen LogP contribution is 2.39. The predicted octanol–water partition coefficient (Wildman–Crippen LogP) is 5.45. The average Bonchev–Trinajstić information content (AvgIpc) is 3.49. The molecule has 0 bridgehead atoms. The fourth-order valence-corrected chi connectivity index (χ4v) is 6.49. The first-order valence-corrected chi connectivity index (χ1v) is 13.5. The van der Waals surface area contributed by atoms with Crippen LogP contribution in [-0.2, 0) is 17.4 Å². The zero-order valence-corrected chi connectivity index (χ0v) is 22.7. The molecule has 36 heavy (non-hydrogen) atoms. The van der Waals surface area contributed by atoms with Gasteiger partial charge in [0.2, 0.25) is 11.1 Å². The van der Waals surface area contributed by atoms with E-state index in [2.05, 4.69) is 68.4 Å². The maximum Gasteiger partial charge on any atom is 0.278 e. The zero-order valence-electron chi connectivity index (χ0n) is 21.1. The van der Waals surface area contributed by atoms with E-state index in [4.69, 9.17) is 21.6 Å². The van der Waals surface area contributed by atoms with Crippen LogP contribution in [0.4, 0.5) is 11.6 Å². The highest BCUT2D eigenvalue weighted by Gasteiger charge is 2.33. The molecule has 3 aromatic heterocycles. The van der Waals surface area contributed by atoms with Gasteiger partial charge in [0.15, 0.2) is 5.65 Å². The van der Waals surface area contributed by atoms with Crippen molar-refractivity contribution in [3.63, 3.8) is 0 Å². The summed E-state index contributed by atoms with van der Waals surface area (Å²) in [4.78, 5) is 27.5. The summed E-state index contributed by atoms with van der Waals surface area (Å²) < 4.78 is 4.25. The zero-order chi connectivity index (χ0) is 25.4. The first-order valence-electron chi connectivity index (χ1n) is 12.3. The monoisotopic (exact) mass is 523 g/mol. The summed E-state index contributed by atoms with van der Waals surface area (Å²) in [6.07, 6.45) is 3.53. The second kappa shape index (κ2) is 8.13. The maximum absolute atomic E-state index is 13.4. The van der Waals surface area contributed by atoms with Crippen molar-refractivity contribution in [2.24, 2.45) is 0 Å². The lowest BCUT2D eigenvalue weighted by Crippen LogP contribution is -2.38. The second-order valence-electron chi connectivity index (χ2n) is 11.5. The van der Waals surface area contributed by atoms with Crippen LogP contribution < -0.4 is 16.2 Å². The molecule has 4 heterocycles. The Labute approximate surface area is 218 Å². The van der Waals surface area contributed by atoms with Crippen LogP contribution in [0.3, 0.4) is 0 Å². The summed E-state index contributed by atoms with van der Waals surface area (Å²) in [5.74, 6) is 0.436. The third-order valence-electron chi connectivity index (χ3n) is 6.95. The smallest absolute Gasteiger partial charge is 0.278 e. The molecule has 1 saturated carbocycles. The van der Waals surface area contributed by atoms with Crippen LogP contribution in [0.2, 0.25) is 4.34 Å². The van der Waals surface area contributed by atoms with Crippen LogP contribution in [0.5, 0.6) is 0 Å². The summed E-state index contributed by atoms with van der Waals surface area (Å²) in [6.45, 7) is 12.5.